The molecule has 0 fully saturated rings. The summed E-state index contributed by atoms with van der Waals surface area (Å²) >= 11 is 0. The third-order valence-corrected chi connectivity index (χ3v) is 2.33. The lowest BCUT2D eigenvalue weighted by Crippen LogP contribution is -2.32. The van der Waals surface area contributed by atoms with Crippen LogP contribution in [0.5, 0.6) is 5.75 Å². The first kappa shape index (κ1) is 16.0. The summed E-state index contributed by atoms with van der Waals surface area (Å²) in [5.41, 5.74) is 0.409. The Morgan fingerprint density at radius 2 is 2.00 bits per heavy atom. The number of rotatable bonds is 5. The number of hydrogen-bond donors (Lipinski definition) is 2. The molecule has 2 N–H and O–H groups in total. The van der Waals surface area contributed by atoms with Gasteiger partial charge in [-0.3, -0.25) is 10.1 Å². The summed E-state index contributed by atoms with van der Waals surface area (Å²) in [6, 6.07) is 8.57. The number of amides is 2. The van der Waals surface area contributed by atoms with Crippen molar-refractivity contribution < 1.29 is 19.1 Å². The van der Waals surface area contributed by atoms with Crippen LogP contribution < -0.4 is 15.4 Å². The van der Waals surface area contributed by atoms with E-state index in [1.807, 2.05) is 5.32 Å². The predicted molar refractivity (Wildman–Crippen MR) is 75.5 cm³/mol. The quantitative estimate of drug-likeness (QED) is 0.633. The van der Waals surface area contributed by atoms with Crippen molar-refractivity contribution in [2.24, 2.45) is 0 Å². The number of alkyl carbamates (subject to hydrolysis) is 1. The Morgan fingerprint density at radius 1 is 1.33 bits per heavy atom. The molecular weight excluding hydrogens is 274 g/mol. The van der Waals surface area contributed by atoms with Crippen molar-refractivity contribution in [1.29, 1.82) is 5.26 Å². The molecule has 0 spiro atoms. The summed E-state index contributed by atoms with van der Waals surface area (Å²) < 4.78 is 9.56. The van der Waals surface area contributed by atoms with E-state index in [0.717, 1.165) is 0 Å². The number of hydrogen-bond acceptors (Lipinski definition) is 6. The highest BCUT2D eigenvalue weighted by atomic mass is 16.5. The minimum Gasteiger partial charge on any atom is -0.497 e. The monoisotopic (exact) mass is 289 g/mol. The largest absolute Gasteiger partial charge is 0.497 e. The van der Waals surface area contributed by atoms with E-state index in [-0.39, 0.29) is 12.2 Å². The second-order valence-electron chi connectivity index (χ2n) is 3.72. The molecule has 2 amide bonds. The minimum atomic E-state index is -0.895. The normalized spacial score (nSPS) is 10.2. The Labute approximate surface area is 122 Å². The highest BCUT2D eigenvalue weighted by Crippen LogP contribution is 2.15. The molecule has 0 heterocycles. The molecule has 0 aliphatic rings. The van der Waals surface area contributed by atoms with Crippen LogP contribution in [0.3, 0.4) is 0 Å². The fourth-order valence-electron chi connectivity index (χ4n) is 1.32. The first-order valence-corrected chi connectivity index (χ1v) is 6.09. The summed E-state index contributed by atoms with van der Waals surface area (Å²) in [4.78, 5) is 22.7. The van der Waals surface area contributed by atoms with E-state index in [2.05, 4.69) is 10.1 Å². The van der Waals surface area contributed by atoms with Gasteiger partial charge in [0.2, 0.25) is 0 Å². The maximum atomic E-state index is 11.6. The van der Waals surface area contributed by atoms with Gasteiger partial charge in [-0.05, 0) is 31.2 Å². The zero-order chi connectivity index (χ0) is 15.7. The molecule has 0 saturated heterocycles. The average molecular weight is 289 g/mol. The summed E-state index contributed by atoms with van der Waals surface area (Å²) in [6.07, 6.45) is 0.309. The van der Waals surface area contributed by atoms with Gasteiger partial charge in [-0.15, -0.1) is 0 Å². The van der Waals surface area contributed by atoms with Crippen molar-refractivity contribution in [3.05, 3.63) is 36.0 Å². The molecule has 0 aliphatic carbocycles. The highest BCUT2D eigenvalue weighted by Gasteiger charge is 2.13. The van der Waals surface area contributed by atoms with Crippen LogP contribution in [0.15, 0.2) is 36.0 Å². The average Bonchev–Trinajstić information content (AvgIpc) is 2.48. The topological polar surface area (TPSA) is 100 Å². The van der Waals surface area contributed by atoms with Crippen LogP contribution in [0.2, 0.25) is 0 Å². The van der Waals surface area contributed by atoms with Gasteiger partial charge >= 0.3 is 6.09 Å². The number of carbonyl (C=O) groups excluding carboxylic acids is 2. The Balaban J connectivity index is 2.68. The zero-order valence-electron chi connectivity index (χ0n) is 11.7. The zero-order valence-corrected chi connectivity index (χ0v) is 11.7. The van der Waals surface area contributed by atoms with Crippen LogP contribution in [-0.2, 0) is 9.53 Å². The lowest BCUT2D eigenvalue weighted by Gasteiger charge is -2.05. The highest BCUT2D eigenvalue weighted by molar-refractivity contribution is 6.05. The molecule has 0 radical (unpaired) electrons. The van der Waals surface area contributed by atoms with Gasteiger partial charge in [-0.2, -0.15) is 5.26 Å². The molecule has 0 aliphatic heterocycles. The number of nitriles is 1. The van der Waals surface area contributed by atoms with Gasteiger partial charge in [0.05, 0.1) is 13.7 Å². The fourth-order valence-corrected chi connectivity index (χ4v) is 1.32. The van der Waals surface area contributed by atoms with E-state index in [4.69, 9.17) is 10.00 Å². The van der Waals surface area contributed by atoms with Gasteiger partial charge < -0.3 is 14.8 Å². The number of benzene rings is 1. The van der Waals surface area contributed by atoms with Crippen LogP contribution in [0, 0.1) is 11.3 Å². The summed E-state index contributed by atoms with van der Waals surface area (Å²) in [5, 5.41) is 13.6. The molecule has 0 bridgehead atoms. The molecule has 1 aromatic carbocycles. The lowest BCUT2D eigenvalue weighted by molar-refractivity contribution is -0.116. The first-order chi connectivity index (χ1) is 10.1. The molecule has 7 heteroatoms. The summed E-state index contributed by atoms with van der Waals surface area (Å²) in [7, 11) is 1.55. The second-order valence-corrected chi connectivity index (χ2v) is 3.72. The lowest BCUT2D eigenvalue weighted by atomic mass is 10.2. The maximum Gasteiger partial charge on any atom is 0.414 e. The number of nitrogens with one attached hydrogen (secondary N) is 2. The number of ether oxygens (including phenoxy) is 2. The molecule has 0 atom stereocenters. The van der Waals surface area contributed by atoms with Crippen LogP contribution in [0.1, 0.15) is 6.92 Å². The van der Waals surface area contributed by atoms with E-state index >= 15 is 0 Å². The maximum absolute atomic E-state index is 11.6. The molecule has 7 nitrogen and oxygen atoms in total. The van der Waals surface area contributed by atoms with Gasteiger partial charge in [-0.1, -0.05) is 0 Å². The molecule has 0 saturated carbocycles. The number of nitrogens with zero attached hydrogens (tertiary/aromatic N) is 1. The molecular formula is C14H15N3O4. The van der Waals surface area contributed by atoms with Crippen molar-refractivity contribution in [3.8, 4) is 11.8 Å². The van der Waals surface area contributed by atoms with Crippen LogP contribution in [0.25, 0.3) is 0 Å². The van der Waals surface area contributed by atoms with E-state index in [9.17, 15) is 9.59 Å². The summed E-state index contributed by atoms with van der Waals surface area (Å²) in [6.45, 7) is 1.74. The van der Waals surface area contributed by atoms with E-state index < -0.39 is 12.0 Å². The summed E-state index contributed by atoms with van der Waals surface area (Å²) in [5.74, 6) is -0.151. The number of carbonyl (C=O) groups is 2. The Kier molecular flexibility index (Phi) is 6.28. The molecule has 110 valence electrons. The van der Waals surface area contributed by atoms with Gasteiger partial charge in [0, 0.05) is 11.9 Å². The van der Waals surface area contributed by atoms with E-state index in [0.29, 0.717) is 11.4 Å². The van der Waals surface area contributed by atoms with Gasteiger partial charge in [0.25, 0.3) is 5.91 Å². The van der Waals surface area contributed by atoms with Crippen molar-refractivity contribution in [2.75, 3.05) is 19.0 Å². The van der Waals surface area contributed by atoms with Crippen LogP contribution >= 0.6 is 0 Å². The van der Waals surface area contributed by atoms with Crippen molar-refractivity contribution in [2.45, 2.75) is 6.92 Å². The number of anilines is 1. The Bertz CT molecular complexity index is 573. The molecule has 1 rings (SSSR count). The smallest absolute Gasteiger partial charge is 0.414 e. The third kappa shape index (κ3) is 5.24. The molecule has 0 aromatic heterocycles. The second kappa shape index (κ2) is 8.22. The minimum absolute atomic E-state index is 0.134. The van der Waals surface area contributed by atoms with Crippen molar-refractivity contribution in [1.82, 2.24) is 5.32 Å². The predicted octanol–water partition coefficient (Wildman–Crippen LogP) is 1.79. The Hall–Kier alpha value is -3.01. The Morgan fingerprint density at radius 3 is 2.52 bits per heavy atom. The number of imide groups is 1. The SMILES string of the molecule is CCOC(=O)NC(=O)/C(C#N)=C/Nc1ccc(OC)cc1. The molecule has 1 aromatic rings. The van der Waals surface area contributed by atoms with E-state index in [1.165, 1.54) is 6.20 Å². The van der Waals surface area contributed by atoms with Gasteiger partial charge in [-0.25, -0.2) is 4.79 Å². The van der Waals surface area contributed by atoms with Crippen LogP contribution in [0.4, 0.5) is 10.5 Å². The standard InChI is InChI=1S/C14H15N3O4/c1-3-21-14(19)17-13(18)10(8-15)9-16-11-4-6-12(20-2)7-5-11/h4-7,9,16H,3H2,1-2H3,(H,17,18,19)/b10-9+. The number of methoxy groups -OCH3 is 1. The van der Waals surface area contributed by atoms with Gasteiger partial charge in [0.1, 0.15) is 17.4 Å². The first-order valence-electron chi connectivity index (χ1n) is 6.09. The van der Waals surface area contributed by atoms with Crippen molar-refractivity contribution >= 4 is 17.7 Å². The van der Waals surface area contributed by atoms with Gasteiger partial charge in [0.15, 0.2) is 0 Å². The molecule has 0 unspecified atom stereocenters. The molecule has 21 heavy (non-hydrogen) atoms. The van der Waals surface area contributed by atoms with Crippen LogP contribution in [-0.4, -0.2) is 25.7 Å². The fraction of sp³-hybridized carbons (Fsp3) is 0.214. The van der Waals surface area contributed by atoms with E-state index in [1.54, 1.807) is 44.4 Å². The third-order valence-electron chi connectivity index (χ3n) is 2.33. The van der Waals surface area contributed by atoms with Crippen molar-refractivity contribution in [3.63, 3.8) is 0 Å².